The molecule has 7 nitrogen and oxygen atoms in total. The predicted octanol–water partition coefficient (Wildman–Crippen LogP) is 3.08. The SMILES string of the molecule is C[Si](C)(C)CCOCn1ccc2nc(NC(N)=O)cnc21.Cl.Cl. The monoisotopic (exact) mass is 379 g/mol. The number of aromatic nitrogens is 3. The zero-order valence-corrected chi connectivity index (χ0v) is 16.0. The normalized spacial score (nSPS) is 10.7. The first-order chi connectivity index (χ1) is 9.85. The number of carbonyl (C=O) groups is 1. The number of nitrogens with zero attached hydrogens (tertiary/aromatic N) is 3. The van der Waals surface area contributed by atoms with Gasteiger partial charge in [0.15, 0.2) is 11.5 Å². The minimum absolute atomic E-state index is 0. The number of hydrogen-bond acceptors (Lipinski definition) is 4. The molecule has 0 fully saturated rings. The quantitative estimate of drug-likeness (QED) is 0.595. The van der Waals surface area contributed by atoms with Crippen molar-refractivity contribution in [2.24, 2.45) is 5.73 Å². The summed E-state index contributed by atoms with van der Waals surface area (Å²) in [6, 6.07) is 2.30. The maximum atomic E-state index is 10.8. The van der Waals surface area contributed by atoms with Crippen LogP contribution in [0, 0.1) is 0 Å². The van der Waals surface area contributed by atoms with Crippen molar-refractivity contribution in [1.29, 1.82) is 0 Å². The molecule has 2 heterocycles. The Labute approximate surface area is 148 Å². The summed E-state index contributed by atoms with van der Waals surface area (Å²) in [6.45, 7) is 8.16. The number of ether oxygens (including phenoxy) is 1. The molecule has 0 saturated carbocycles. The van der Waals surface area contributed by atoms with Gasteiger partial charge in [-0.15, -0.1) is 24.8 Å². The summed E-state index contributed by atoms with van der Waals surface area (Å²) in [5.41, 5.74) is 6.46. The topological polar surface area (TPSA) is 95.1 Å². The van der Waals surface area contributed by atoms with Gasteiger partial charge < -0.3 is 15.0 Å². The molecular weight excluding hydrogens is 357 g/mol. The molecule has 0 saturated heterocycles. The average molecular weight is 380 g/mol. The van der Waals surface area contributed by atoms with Crippen molar-refractivity contribution in [3.8, 4) is 0 Å². The second kappa shape index (κ2) is 9.07. The van der Waals surface area contributed by atoms with Crippen molar-refractivity contribution in [1.82, 2.24) is 14.5 Å². The van der Waals surface area contributed by atoms with E-state index in [1.807, 2.05) is 16.8 Å². The molecule has 10 heteroatoms. The maximum absolute atomic E-state index is 10.8. The van der Waals surface area contributed by atoms with Gasteiger partial charge in [-0.25, -0.2) is 14.8 Å². The Hall–Kier alpha value is -1.35. The van der Waals surface area contributed by atoms with Crippen LogP contribution in [0.25, 0.3) is 11.2 Å². The molecule has 2 rings (SSSR count). The molecule has 0 bridgehead atoms. The molecule has 0 aliphatic carbocycles. The summed E-state index contributed by atoms with van der Waals surface area (Å²) in [7, 11) is -1.07. The lowest BCUT2D eigenvalue weighted by atomic mass is 10.5. The van der Waals surface area contributed by atoms with Gasteiger partial charge in [-0.2, -0.15) is 0 Å². The summed E-state index contributed by atoms with van der Waals surface area (Å²) >= 11 is 0. The van der Waals surface area contributed by atoms with E-state index in [1.54, 1.807) is 0 Å². The lowest BCUT2D eigenvalue weighted by Gasteiger charge is -2.15. The van der Waals surface area contributed by atoms with Crippen molar-refractivity contribution >= 4 is 55.9 Å². The van der Waals surface area contributed by atoms with Gasteiger partial charge >= 0.3 is 6.03 Å². The number of nitrogens with two attached hydrogens (primary N) is 1. The fourth-order valence-corrected chi connectivity index (χ4v) is 2.55. The van der Waals surface area contributed by atoms with E-state index in [1.165, 1.54) is 6.20 Å². The van der Waals surface area contributed by atoms with Crippen LogP contribution in [0.5, 0.6) is 0 Å². The molecule has 130 valence electrons. The molecule has 0 radical (unpaired) electrons. The maximum Gasteiger partial charge on any atom is 0.317 e. The third-order valence-electron chi connectivity index (χ3n) is 2.94. The van der Waals surface area contributed by atoms with E-state index in [0.29, 0.717) is 18.1 Å². The number of halogens is 2. The third kappa shape index (κ3) is 6.74. The summed E-state index contributed by atoms with van der Waals surface area (Å²) < 4.78 is 7.59. The Morgan fingerprint density at radius 2 is 2.09 bits per heavy atom. The number of amides is 2. The minimum atomic E-state index is -1.07. The predicted molar refractivity (Wildman–Crippen MR) is 99.3 cm³/mol. The smallest absolute Gasteiger partial charge is 0.317 e. The van der Waals surface area contributed by atoms with E-state index in [2.05, 4.69) is 34.9 Å². The second-order valence-electron chi connectivity index (χ2n) is 6.09. The van der Waals surface area contributed by atoms with E-state index in [-0.39, 0.29) is 24.8 Å². The number of fused-ring (bicyclic) bond motifs is 1. The lowest BCUT2D eigenvalue weighted by Crippen LogP contribution is -2.22. The largest absolute Gasteiger partial charge is 0.361 e. The second-order valence-corrected chi connectivity index (χ2v) is 11.7. The highest BCUT2D eigenvalue weighted by Crippen LogP contribution is 2.14. The summed E-state index contributed by atoms with van der Waals surface area (Å²) in [5, 5.41) is 2.40. The molecule has 0 spiro atoms. The van der Waals surface area contributed by atoms with Gasteiger partial charge in [-0.3, -0.25) is 5.32 Å². The standard InChI is InChI=1S/C13H21N5O2Si.2ClH/c1-21(2,3)7-6-20-9-18-5-4-10-12(18)15-8-11(16-10)17-13(14)19;;/h4-5,8H,6-7,9H2,1-3H3,(H3,14,16,17,19);2*1H. The van der Waals surface area contributed by atoms with Crippen LogP contribution in [0.15, 0.2) is 18.5 Å². The van der Waals surface area contributed by atoms with Gasteiger partial charge in [0.25, 0.3) is 0 Å². The minimum Gasteiger partial charge on any atom is -0.361 e. The van der Waals surface area contributed by atoms with Crippen molar-refractivity contribution < 1.29 is 9.53 Å². The highest BCUT2D eigenvalue weighted by molar-refractivity contribution is 6.76. The van der Waals surface area contributed by atoms with E-state index >= 15 is 0 Å². The van der Waals surface area contributed by atoms with Crippen LogP contribution >= 0.6 is 24.8 Å². The Bertz CT molecular complexity index is 645. The number of rotatable bonds is 6. The highest BCUT2D eigenvalue weighted by atomic mass is 35.5. The van der Waals surface area contributed by atoms with Crippen molar-refractivity contribution in [3.05, 3.63) is 18.5 Å². The summed E-state index contributed by atoms with van der Waals surface area (Å²) in [6.07, 6.45) is 3.35. The number of primary amides is 1. The van der Waals surface area contributed by atoms with Crippen molar-refractivity contribution in [3.63, 3.8) is 0 Å². The van der Waals surface area contributed by atoms with E-state index < -0.39 is 14.1 Å². The van der Waals surface area contributed by atoms with Crippen LogP contribution in [0.1, 0.15) is 0 Å². The van der Waals surface area contributed by atoms with Crippen LogP contribution in [0.4, 0.5) is 10.6 Å². The van der Waals surface area contributed by atoms with Crippen LogP contribution in [0.2, 0.25) is 25.7 Å². The summed E-state index contributed by atoms with van der Waals surface area (Å²) in [5.74, 6) is 0.340. The van der Waals surface area contributed by atoms with E-state index in [9.17, 15) is 4.79 Å². The number of nitrogens with one attached hydrogen (secondary N) is 1. The Morgan fingerprint density at radius 1 is 1.39 bits per heavy atom. The molecule has 0 unspecified atom stereocenters. The average Bonchev–Trinajstić information content (AvgIpc) is 2.75. The molecule has 0 aliphatic heterocycles. The van der Waals surface area contributed by atoms with Crippen LogP contribution in [0.3, 0.4) is 0 Å². The first kappa shape index (κ1) is 21.6. The number of anilines is 1. The number of urea groups is 1. The fourth-order valence-electron chi connectivity index (χ4n) is 1.79. The molecule has 2 aromatic rings. The molecular formula is C13H23Cl2N5O2Si. The van der Waals surface area contributed by atoms with E-state index in [0.717, 1.165) is 18.3 Å². The molecule has 23 heavy (non-hydrogen) atoms. The van der Waals surface area contributed by atoms with Crippen molar-refractivity contribution in [2.45, 2.75) is 32.4 Å². The third-order valence-corrected chi connectivity index (χ3v) is 4.65. The molecule has 0 aromatic carbocycles. The lowest BCUT2D eigenvalue weighted by molar-refractivity contribution is 0.0899. The van der Waals surface area contributed by atoms with Crippen LogP contribution in [-0.2, 0) is 11.5 Å². The zero-order valence-electron chi connectivity index (χ0n) is 13.4. The number of hydrogen-bond donors (Lipinski definition) is 2. The van der Waals surface area contributed by atoms with Crippen LogP contribution < -0.4 is 11.1 Å². The number of carbonyl (C=O) groups excluding carboxylic acids is 1. The molecule has 2 amide bonds. The van der Waals surface area contributed by atoms with Gasteiger partial charge in [0, 0.05) is 20.9 Å². The molecule has 3 N–H and O–H groups in total. The highest BCUT2D eigenvalue weighted by Gasteiger charge is 2.12. The van der Waals surface area contributed by atoms with Gasteiger partial charge in [-0.05, 0) is 12.1 Å². The van der Waals surface area contributed by atoms with Gasteiger partial charge in [0.1, 0.15) is 12.2 Å². The Kier molecular flexibility index (Phi) is 8.53. The molecule has 0 atom stereocenters. The van der Waals surface area contributed by atoms with Gasteiger partial charge in [0.05, 0.1) is 6.20 Å². The summed E-state index contributed by atoms with van der Waals surface area (Å²) in [4.78, 5) is 19.3. The molecule has 0 aliphatic rings. The first-order valence-corrected chi connectivity index (χ1v) is 10.5. The Morgan fingerprint density at radius 3 is 2.70 bits per heavy atom. The van der Waals surface area contributed by atoms with Crippen molar-refractivity contribution in [2.75, 3.05) is 11.9 Å². The van der Waals surface area contributed by atoms with E-state index in [4.69, 9.17) is 10.5 Å². The first-order valence-electron chi connectivity index (χ1n) is 6.81. The Balaban J connectivity index is 0.00000242. The van der Waals surface area contributed by atoms with Gasteiger partial charge in [0.2, 0.25) is 0 Å². The molecule has 2 aromatic heterocycles. The zero-order chi connectivity index (χ0) is 15.5. The fraction of sp³-hybridized carbons (Fsp3) is 0.462. The van der Waals surface area contributed by atoms with Gasteiger partial charge in [-0.1, -0.05) is 19.6 Å². The van der Waals surface area contributed by atoms with Crippen LogP contribution in [-0.4, -0.2) is 35.2 Å².